The molecule has 0 aromatic carbocycles. The normalized spacial score (nSPS) is 13.9. The first kappa shape index (κ1) is 98.1. The SMILES string of the molecule is CCCCCCCCCCCCCCCCCCCCC(=O)O[C@H](COC(=O)CCCCCCCCCCCCCCCC(C)C)COP(=O)(O)OC[C@@H](O)COP(=O)(O)OC[C@@H](COC(=O)CCCCCCCCCCCCCC)OC(=O)CCCCCCCCCCCCCC(C)C. The quantitative estimate of drug-likeness (QED) is 0.0222. The zero-order chi connectivity index (χ0) is 73.5. The molecule has 0 aromatic rings. The van der Waals surface area contributed by atoms with E-state index in [-0.39, 0.29) is 25.7 Å². The molecule has 3 N–H and O–H groups in total. The van der Waals surface area contributed by atoms with E-state index in [1.807, 2.05) is 0 Å². The van der Waals surface area contributed by atoms with E-state index in [9.17, 15) is 43.2 Å². The predicted octanol–water partition coefficient (Wildman–Crippen LogP) is 24.3. The van der Waals surface area contributed by atoms with Gasteiger partial charge in [0.15, 0.2) is 12.2 Å². The minimum absolute atomic E-state index is 0.107. The molecule has 0 saturated heterocycles. The third kappa shape index (κ3) is 74.3. The monoisotopic (exact) mass is 1470 g/mol. The highest BCUT2D eigenvalue weighted by atomic mass is 31.2. The van der Waals surface area contributed by atoms with Gasteiger partial charge in [-0.05, 0) is 37.5 Å². The average molecular weight is 1470 g/mol. The minimum atomic E-state index is -4.96. The Morgan fingerprint density at radius 3 is 0.680 bits per heavy atom. The van der Waals surface area contributed by atoms with Gasteiger partial charge >= 0.3 is 39.5 Å². The summed E-state index contributed by atoms with van der Waals surface area (Å²) in [5, 5.41) is 10.6. The number of aliphatic hydroxyl groups is 1. The summed E-state index contributed by atoms with van der Waals surface area (Å²) in [4.78, 5) is 73.1. The maximum Gasteiger partial charge on any atom is 0.472 e. The Kier molecular flexibility index (Phi) is 71.2. The summed E-state index contributed by atoms with van der Waals surface area (Å²) in [6.07, 6.45) is 62.3. The molecular weight excluding hydrogens is 1310 g/mol. The highest BCUT2D eigenvalue weighted by molar-refractivity contribution is 7.47. The molecule has 0 radical (unpaired) electrons. The van der Waals surface area contributed by atoms with E-state index in [4.69, 9.17) is 37.0 Å². The van der Waals surface area contributed by atoms with Crippen molar-refractivity contribution in [1.29, 1.82) is 0 Å². The molecule has 5 atom stereocenters. The van der Waals surface area contributed by atoms with Crippen LogP contribution in [0.2, 0.25) is 0 Å². The van der Waals surface area contributed by atoms with Crippen LogP contribution < -0.4 is 0 Å². The molecule has 594 valence electrons. The summed E-state index contributed by atoms with van der Waals surface area (Å²) in [5.74, 6) is -0.550. The van der Waals surface area contributed by atoms with Crippen LogP contribution in [-0.2, 0) is 65.4 Å². The minimum Gasteiger partial charge on any atom is -0.462 e. The lowest BCUT2D eigenvalue weighted by Gasteiger charge is -2.21. The van der Waals surface area contributed by atoms with E-state index < -0.39 is 97.5 Å². The van der Waals surface area contributed by atoms with Crippen LogP contribution >= 0.6 is 15.6 Å². The van der Waals surface area contributed by atoms with E-state index in [0.29, 0.717) is 25.7 Å². The molecule has 0 aliphatic rings. The lowest BCUT2D eigenvalue weighted by molar-refractivity contribution is -0.161. The second-order valence-electron chi connectivity index (χ2n) is 30.1. The van der Waals surface area contributed by atoms with Crippen LogP contribution in [0.25, 0.3) is 0 Å². The molecule has 2 unspecified atom stereocenters. The van der Waals surface area contributed by atoms with E-state index >= 15 is 0 Å². The third-order valence-electron chi connectivity index (χ3n) is 19.0. The van der Waals surface area contributed by atoms with Crippen LogP contribution in [0.3, 0.4) is 0 Å². The Bertz CT molecular complexity index is 1920. The third-order valence-corrected chi connectivity index (χ3v) is 20.9. The number of carbonyl (C=O) groups excluding carboxylic acids is 4. The fraction of sp³-hybridized carbons (Fsp3) is 0.951. The smallest absolute Gasteiger partial charge is 0.462 e. The van der Waals surface area contributed by atoms with Crippen molar-refractivity contribution in [2.45, 2.75) is 445 Å². The second kappa shape index (κ2) is 72.6. The molecule has 0 aliphatic heterocycles. The number of carbonyl (C=O) groups is 4. The van der Waals surface area contributed by atoms with Gasteiger partial charge in [0.25, 0.3) is 0 Å². The molecule has 0 aliphatic carbocycles. The molecule has 0 heterocycles. The molecule has 100 heavy (non-hydrogen) atoms. The van der Waals surface area contributed by atoms with E-state index in [2.05, 4.69) is 41.5 Å². The number of ether oxygens (including phenoxy) is 4. The molecule has 19 heteroatoms. The molecule has 17 nitrogen and oxygen atoms in total. The van der Waals surface area contributed by atoms with E-state index in [1.54, 1.807) is 0 Å². The topological polar surface area (TPSA) is 237 Å². The predicted molar refractivity (Wildman–Crippen MR) is 409 cm³/mol. The summed E-state index contributed by atoms with van der Waals surface area (Å²) >= 11 is 0. The summed E-state index contributed by atoms with van der Waals surface area (Å²) in [6, 6.07) is 0. The van der Waals surface area contributed by atoms with Crippen molar-refractivity contribution in [2.24, 2.45) is 11.8 Å². The first-order chi connectivity index (χ1) is 48.4. The van der Waals surface area contributed by atoms with Crippen molar-refractivity contribution in [3.8, 4) is 0 Å². The number of phosphoric acid groups is 2. The molecule has 0 rings (SSSR count). The number of unbranched alkanes of at least 4 members (excludes halogenated alkanes) is 50. The van der Waals surface area contributed by atoms with Crippen molar-refractivity contribution >= 4 is 39.5 Å². The molecule has 0 spiro atoms. The zero-order valence-electron chi connectivity index (χ0n) is 65.5. The van der Waals surface area contributed by atoms with Crippen molar-refractivity contribution in [2.75, 3.05) is 39.6 Å². The maximum absolute atomic E-state index is 13.1. The fourth-order valence-corrected chi connectivity index (χ4v) is 14.1. The van der Waals surface area contributed by atoms with Gasteiger partial charge in [0, 0.05) is 25.7 Å². The molecule has 0 saturated carbocycles. The van der Waals surface area contributed by atoms with Gasteiger partial charge in [-0.15, -0.1) is 0 Å². The van der Waals surface area contributed by atoms with Gasteiger partial charge in [-0.25, -0.2) is 9.13 Å². The highest BCUT2D eigenvalue weighted by Gasteiger charge is 2.30. The number of aliphatic hydroxyl groups excluding tert-OH is 1. The van der Waals surface area contributed by atoms with E-state index in [0.717, 1.165) is 102 Å². The molecular formula is C81H158O17P2. The zero-order valence-corrected chi connectivity index (χ0v) is 67.3. The van der Waals surface area contributed by atoms with Gasteiger partial charge in [0.1, 0.15) is 19.3 Å². The van der Waals surface area contributed by atoms with Crippen molar-refractivity contribution < 1.29 is 80.2 Å². The highest BCUT2D eigenvalue weighted by Crippen LogP contribution is 2.45. The van der Waals surface area contributed by atoms with Crippen LogP contribution in [-0.4, -0.2) is 96.7 Å². The van der Waals surface area contributed by atoms with Gasteiger partial charge in [-0.3, -0.25) is 37.3 Å². The largest absolute Gasteiger partial charge is 0.472 e. The van der Waals surface area contributed by atoms with Gasteiger partial charge < -0.3 is 33.8 Å². The summed E-state index contributed by atoms with van der Waals surface area (Å²) in [6.45, 7) is 9.66. The van der Waals surface area contributed by atoms with Crippen LogP contribution in [0.15, 0.2) is 0 Å². The average Bonchev–Trinajstić information content (AvgIpc) is 1.24. The number of hydrogen-bond acceptors (Lipinski definition) is 15. The molecule has 0 bridgehead atoms. The number of rotatable bonds is 80. The first-order valence-corrected chi connectivity index (χ1v) is 45.0. The number of hydrogen-bond donors (Lipinski definition) is 3. The lowest BCUT2D eigenvalue weighted by atomic mass is 10.0. The Morgan fingerprint density at radius 2 is 0.460 bits per heavy atom. The van der Waals surface area contributed by atoms with E-state index in [1.165, 1.54) is 244 Å². The van der Waals surface area contributed by atoms with Gasteiger partial charge in [0.2, 0.25) is 0 Å². The van der Waals surface area contributed by atoms with Crippen molar-refractivity contribution in [3.05, 3.63) is 0 Å². The first-order valence-electron chi connectivity index (χ1n) is 42.0. The summed E-state index contributed by atoms with van der Waals surface area (Å²) < 4.78 is 68.8. The standard InChI is InChI=1S/C81H158O17P2/c1-7-9-11-13-15-17-19-21-22-23-24-25-28-35-41-47-53-59-65-80(85)97-76(70-92-79(84)64-58-52-46-40-34-29-26-27-31-37-43-49-55-61-73(3)4)71-95-99(87,88)93-67-75(82)68-94-100(89,90)96-72-77(69-91-78(83)63-57-51-45-39-33-20-18-16-14-12-10-8-2)98-81(86)66-60-54-48-42-36-30-32-38-44-50-56-62-74(5)6/h73-77,82H,7-72H2,1-6H3,(H,87,88)(H,89,90)/t75-,76-,77-/m1/s1. The Balaban J connectivity index is 5.26. The van der Waals surface area contributed by atoms with Crippen molar-refractivity contribution in [1.82, 2.24) is 0 Å². The Morgan fingerprint density at radius 1 is 0.270 bits per heavy atom. The molecule has 0 aromatic heterocycles. The second-order valence-corrected chi connectivity index (χ2v) is 33.0. The molecule has 0 fully saturated rings. The maximum atomic E-state index is 13.1. The summed E-state index contributed by atoms with van der Waals surface area (Å²) in [5.41, 5.74) is 0. The van der Waals surface area contributed by atoms with Crippen LogP contribution in [0, 0.1) is 11.8 Å². The van der Waals surface area contributed by atoms with Gasteiger partial charge in [0.05, 0.1) is 26.4 Å². The molecule has 0 amide bonds. The number of phosphoric ester groups is 2. The Hall–Kier alpha value is -1.94. The Labute approximate surface area is 613 Å². The van der Waals surface area contributed by atoms with Crippen molar-refractivity contribution in [3.63, 3.8) is 0 Å². The van der Waals surface area contributed by atoms with Gasteiger partial charge in [-0.1, -0.05) is 375 Å². The lowest BCUT2D eigenvalue weighted by Crippen LogP contribution is -2.30. The van der Waals surface area contributed by atoms with Gasteiger partial charge in [-0.2, -0.15) is 0 Å². The fourth-order valence-electron chi connectivity index (χ4n) is 12.5. The van der Waals surface area contributed by atoms with Crippen LogP contribution in [0.5, 0.6) is 0 Å². The number of esters is 4. The summed E-state index contributed by atoms with van der Waals surface area (Å²) in [7, 11) is -9.92. The van der Waals surface area contributed by atoms with Crippen LogP contribution in [0.4, 0.5) is 0 Å². The van der Waals surface area contributed by atoms with Crippen LogP contribution in [0.1, 0.15) is 427 Å².